The van der Waals surface area contributed by atoms with Crippen molar-refractivity contribution < 1.29 is 4.74 Å². The summed E-state index contributed by atoms with van der Waals surface area (Å²) in [4.78, 5) is 2.32. The molecule has 1 fully saturated rings. The van der Waals surface area contributed by atoms with E-state index in [1.54, 1.807) is 0 Å². The fourth-order valence-corrected chi connectivity index (χ4v) is 1.87. The SMILES string of the molecule is CCN(CC)CCOc1ccc(CNC2CC2)nn1. The summed E-state index contributed by atoms with van der Waals surface area (Å²) < 4.78 is 5.60. The highest BCUT2D eigenvalue weighted by Gasteiger charge is 2.20. The zero-order chi connectivity index (χ0) is 13.5. The second-order valence-electron chi connectivity index (χ2n) is 4.89. The van der Waals surface area contributed by atoms with Gasteiger partial charge in [-0.05, 0) is 32.0 Å². The second kappa shape index (κ2) is 7.40. The average Bonchev–Trinajstić information content (AvgIpc) is 3.27. The van der Waals surface area contributed by atoms with Crippen LogP contribution in [0.2, 0.25) is 0 Å². The van der Waals surface area contributed by atoms with E-state index in [-0.39, 0.29) is 0 Å². The van der Waals surface area contributed by atoms with Gasteiger partial charge in [-0.25, -0.2) is 0 Å². The van der Waals surface area contributed by atoms with Gasteiger partial charge in [-0.2, -0.15) is 5.10 Å². The molecule has 1 aromatic heterocycles. The molecule has 1 heterocycles. The van der Waals surface area contributed by atoms with Crippen molar-refractivity contribution in [1.29, 1.82) is 0 Å². The first-order valence-corrected chi connectivity index (χ1v) is 7.23. The van der Waals surface area contributed by atoms with Gasteiger partial charge in [0, 0.05) is 25.2 Å². The van der Waals surface area contributed by atoms with Crippen LogP contribution in [-0.2, 0) is 6.54 Å². The van der Waals surface area contributed by atoms with Gasteiger partial charge < -0.3 is 15.0 Å². The Kier molecular flexibility index (Phi) is 5.54. The molecule has 1 aliphatic rings. The van der Waals surface area contributed by atoms with Gasteiger partial charge in [0.2, 0.25) is 5.88 Å². The van der Waals surface area contributed by atoms with E-state index in [0.29, 0.717) is 18.5 Å². The van der Waals surface area contributed by atoms with Gasteiger partial charge in [0.15, 0.2) is 0 Å². The Morgan fingerprint density at radius 2 is 2.05 bits per heavy atom. The van der Waals surface area contributed by atoms with Crippen molar-refractivity contribution in [2.45, 2.75) is 39.3 Å². The number of likely N-dealkylation sites (N-methyl/N-ethyl adjacent to an activating group) is 1. The van der Waals surface area contributed by atoms with Crippen LogP contribution in [0.5, 0.6) is 5.88 Å². The largest absolute Gasteiger partial charge is 0.475 e. The zero-order valence-corrected chi connectivity index (χ0v) is 11.9. The van der Waals surface area contributed by atoms with Gasteiger partial charge in [-0.15, -0.1) is 5.10 Å². The lowest BCUT2D eigenvalue weighted by Gasteiger charge is -2.17. The Morgan fingerprint density at radius 3 is 2.63 bits per heavy atom. The molecule has 0 amide bonds. The highest BCUT2D eigenvalue weighted by molar-refractivity contribution is 5.11. The Hall–Kier alpha value is -1.20. The quantitative estimate of drug-likeness (QED) is 0.731. The third-order valence-electron chi connectivity index (χ3n) is 3.40. The van der Waals surface area contributed by atoms with Crippen molar-refractivity contribution in [3.63, 3.8) is 0 Å². The van der Waals surface area contributed by atoms with Crippen molar-refractivity contribution >= 4 is 0 Å². The van der Waals surface area contributed by atoms with Crippen LogP contribution in [0, 0.1) is 0 Å². The number of hydrogen-bond acceptors (Lipinski definition) is 5. The van der Waals surface area contributed by atoms with Crippen LogP contribution < -0.4 is 10.1 Å². The molecule has 1 N–H and O–H groups in total. The van der Waals surface area contributed by atoms with E-state index in [1.807, 2.05) is 12.1 Å². The van der Waals surface area contributed by atoms with Crippen LogP contribution in [-0.4, -0.2) is 47.4 Å². The summed E-state index contributed by atoms with van der Waals surface area (Å²) in [5.41, 5.74) is 0.975. The molecule has 106 valence electrons. The first-order chi connectivity index (χ1) is 9.31. The van der Waals surface area contributed by atoms with Gasteiger partial charge in [0.1, 0.15) is 6.61 Å². The lowest BCUT2D eigenvalue weighted by Crippen LogP contribution is -2.28. The maximum atomic E-state index is 5.60. The molecule has 0 saturated heterocycles. The van der Waals surface area contributed by atoms with E-state index in [2.05, 4.69) is 34.3 Å². The summed E-state index contributed by atoms with van der Waals surface area (Å²) in [7, 11) is 0. The molecule has 0 atom stereocenters. The average molecular weight is 264 g/mol. The monoisotopic (exact) mass is 264 g/mol. The molecule has 0 aromatic carbocycles. The highest BCUT2D eigenvalue weighted by atomic mass is 16.5. The number of hydrogen-bond donors (Lipinski definition) is 1. The van der Waals surface area contributed by atoms with Crippen LogP contribution in [0.25, 0.3) is 0 Å². The Morgan fingerprint density at radius 1 is 1.26 bits per heavy atom. The molecule has 0 unspecified atom stereocenters. The van der Waals surface area contributed by atoms with Gasteiger partial charge in [-0.1, -0.05) is 13.8 Å². The van der Waals surface area contributed by atoms with Gasteiger partial charge >= 0.3 is 0 Å². The van der Waals surface area contributed by atoms with E-state index in [4.69, 9.17) is 4.74 Å². The van der Waals surface area contributed by atoms with Crippen LogP contribution >= 0.6 is 0 Å². The topological polar surface area (TPSA) is 50.3 Å². The fraction of sp³-hybridized carbons (Fsp3) is 0.714. The molecule has 1 aliphatic carbocycles. The molecule has 1 aromatic rings. The standard InChI is InChI=1S/C14H24N4O/c1-3-18(4-2)9-10-19-14-8-7-13(16-17-14)11-15-12-5-6-12/h7-8,12,15H,3-6,9-11H2,1-2H3. The molecular formula is C14H24N4O. The van der Waals surface area contributed by atoms with Crippen LogP contribution in [0.4, 0.5) is 0 Å². The summed E-state index contributed by atoms with van der Waals surface area (Å²) in [5.74, 6) is 0.613. The molecule has 0 spiro atoms. The van der Waals surface area contributed by atoms with E-state index >= 15 is 0 Å². The van der Waals surface area contributed by atoms with Gasteiger partial charge in [-0.3, -0.25) is 0 Å². The van der Waals surface area contributed by atoms with Crippen molar-refractivity contribution in [3.05, 3.63) is 17.8 Å². The number of nitrogens with zero attached hydrogens (tertiary/aromatic N) is 3. The van der Waals surface area contributed by atoms with Crippen LogP contribution in [0.15, 0.2) is 12.1 Å². The first-order valence-electron chi connectivity index (χ1n) is 7.23. The third kappa shape index (κ3) is 5.12. The van der Waals surface area contributed by atoms with E-state index in [1.165, 1.54) is 12.8 Å². The molecule has 2 rings (SSSR count). The molecule has 5 nitrogen and oxygen atoms in total. The Bertz CT molecular complexity index is 360. The van der Waals surface area contributed by atoms with Crippen LogP contribution in [0.3, 0.4) is 0 Å². The Labute approximate surface area is 115 Å². The fourth-order valence-electron chi connectivity index (χ4n) is 1.87. The maximum absolute atomic E-state index is 5.60. The van der Waals surface area contributed by atoms with E-state index in [9.17, 15) is 0 Å². The number of aromatic nitrogens is 2. The predicted octanol–water partition coefficient (Wildman–Crippen LogP) is 1.45. The molecule has 0 aliphatic heterocycles. The van der Waals surface area contributed by atoms with Crippen molar-refractivity contribution in [1.82, 2.24) is 20.4 Å². The molecule has 1 saturated carbocycles. The second-order valence-corrected chi connectivity index (χ2v) is 4.89. The summed E-state index contributed by atoms with van der Waals surface area (Å²) in [6.45, 7) is 8.82. The molecule has 5 heteroatoms. The zero-order valence-electron chi connectivity index (χ0n) is 11.9. The summed E-state index contributed by atoms with van der Waals surface area (Å²) in [6, 6.07) is 4.58. The maximum Gasteiger partial charge on any atom is 0.233 e. The minimum atomic E-state index is 0.613. The minimum absolute atomic E-state index is 0.613. The summed E-state index contributed by atoms with van der Waals surface area (Å²) in [5, 5.41) is 11.7. The lowest BCUT2D eigenvalue weighted by molar-refractivity contribution is 0.216. The number of rotatable bonds is 9. The smallest absolute Gasteiger partial charge is 0.233 e. The number of ether oxygens (including phenoxy) is 1. The van der Waals surface area contributed by atoms with Crippen molar-refractivity contribution in [3.8, 4) is 5.88 Å². The third-order valence-corrected chi connectivity index (χ3v) is 3.40. The summed E-state index contributed by atoms with van der Waals surface area (Å²) in [6.07, 6.45) is 2.58. The Balaban J connectivity index is 1.68. The highest BCUT2D eigenvalue weighted by Crippen LogP contribution is 2.19. The molecule has 0 radical (unpaired) electrons. The van der Waals surface area contributed by atoms with Crippen LogP contribution in [0.1, 0.15) is 32.4 Å². The van der Waals surface area contributed by atoms with Gasteiger partial charge in [0.05, 0.1) is 5.69 Å². The van der Waals surface area contributed by atoms with Crippen molar-refractivity contribution in [2.24, 2.45) is 0 Å². The van der Waals surface area contributed by atoms with E-state index < -0.39 is 0 Å². The first kappa shape index (κ1) is 14.2. The predicted molar refractivity (Wildman–Crippen MR) is 75.2 cm³/mol. The van der Waals surface area contributed by atoms with E-state index in [0.717, 1.165) is 31.9 Å². The minimum Gasteiger partial charge on any atom is -0.475 e. The van der Waals surface area contributed by atoms with Gasteiger partial charge in [0.25, 0.3) is 0 Å². The normalized spacial score (nSPS) is 14.9. The lowest BCUT2D eigenvalue weighted by atomic mass is 10.4. The number of nitrogens with one attached hydrogen (secondary N) is 1. The summed E-state index contributed by atoms with van der Waals surface area (Å²) >= 11 is 0. The molecule has 0 bridgehead atoms. The molecule has 19 heavy (non-hydrogen) atoms. The molecular weight excluding hydrogens is 240 g/mol. The van der Waals surface area contributed by atoms with Crippen molar-refractivity contribution in [2.75, 3.05) is 26.2 Å².